The number of nitrogens with zero attached hydrogens (tertiary/aromatic N) is 2. The van der Waals surface area contributed by atoms with E-state index in [2.05, 4.69) is 14.9 Å². The van der Waals surface area contributed by atoms with Crippen molar-refractivity contribution in [2.24, 2.45) is 11.8 Å². The van der Waals surface area contributed by atoms with Gasteiger partial charge in [-0.15, -0.1) is 5.10 Å². The van der Waals surface area contributed by atoms with E-state index in [0.29, 0.717) is 10.9 Å². The average Bonchev–Trinajstić information content (AvgIpc) is 2.55. The lowest BCUT2D eigenvalue weighted by Gasteiger charge is -2.13. The molecule has 72 valence electrons. The molecule has 0 spiro atoms. The van der Waals surface area contributed by atoms with E-state index in [4.69, 9.17) is 0 Å². The number of hydrogen-bond donors (Lipinski definition) is 1. The van der Waals surface area contributed by atoms with E-state index >= 15 is 0 Å². The Bertz CT molecular complexity index is 271. The van der Waals surface area contributed by atoms with Crippen molar-refractivity contribution >= 4 is 22.4 Å². The fourth-order valence-corrected chi connectivity index (χ4v) is 1.18. The van der Waals surface area contributed by atoms with Crippen LogP contribution in [0.3, 0.4) is 0 Å². The first kappa shape index (κ1) is 10.1. The Morgan fingerprint density at radius 1 is 1.54 bits per heavy atom. The van der Waals surface area contributed by atoms with Gasteiger partial charge in [-0.25, -0.2) is 0 Å². The highest BCUT2D eigenvalue weighted by Gasteiger charge is 2.16. The lowest BCUT2D eigenvalue weighted by Crippen LogP contribution is -2.23. The van der Waals surface area contributed by atoms with E-state index in [0.717, 1.165) is 0 Å². The molecule has 5 heteroatoms. The van der Waals surface area contributed by atoms with Crippen LogP contribution >= 0.6 is 11.5 Å². The van der Waals surface area contributed by atoms with Crippen molar-refractivity contribution in [3.05, 3.63) is 6.20 Å². The monoisotopic (exact) mass is 199 g/mol. The second kappa shape index (κ2) is 4.32. The molecule has 1 unspecified atom stereocenters. The molecule has 0 aliphatic heterocycles. The highest BCUT2D eigenvalue weighted by Crippen LogP contribution is 2.15. The third kappa shape index (κ3) is 2.77. The summed E-state index contributed by atoms with van der Waals surface area (Å²) in [5.74, 6) is 0.393. The molecule has 4 nitrogen and oxygen atoms in total. The van der Waals surface area contributed by atoms with Gasteiger partial charge in [0.15, 0.2) is 0 Å². The number of rotatable bonds is 3. The number of nitrogens with one attached hydrogen (secondary N) is 1. The smallest absolute Gasteiger partial charge is 0.228 e. The maximum atomic E-state index is 11.5. The second-order valence-corrected chi connectivity index (χ2v) is 4.09. The molecule has 1 N–H and O–H groups in total. The number of hydrogen-bond acceptors (Lipinski definition) is 4. The zero-order valence-corrected chi connectivity index (χ0v) is 8.76. The van der Waals surface area contributed by atoms with E-state index in [1.54, 1.807) is 6.20 Å². The van der Waals surface area contributed by atoms with Gasteiger partial charge in [0.05, 0.1) is 6.20 Å². The second-order valence-electron chi connectivity index (χ2n) is 3.30. The molecule has 1 aromatic heterocycles. The molecule has 1 rings (SSSR count). The molecule has 1 aromatic rings. The van der Waals surface area contributed by atoms with Gasteiger partial charge in [-0.2, -0.15) is 0 Å². The predicted molar refractivity (Wildman–Crippen MR) is 52.5 cm³/mol. The highest BCUT2D eigenvalue weighted by molar-refractivity contribution is 7.10. The molecule has 0 fully saturated rings. The summed E-state index contributed by atoms with van der Waals surface area (Å²) < 4.78 is 3.66. The number of anilines is 1. The van der Waals surface area contributed by atoms with Crippen LogP contribution in [-0.4, -0.2) is 15.5 Å². The topological polar surface area (TPSA) is 54.9 Å². The summed E-state index contributed by atoms with van der Waals surface area (Å²) in [4.78, 5) is 11.5. The van der Waals surface area contributed by atoms with E-state index in [1.165, 1.54) is 11.5 Å². The molecule has 1 heterocycles. The molecule has 0 aromatic carbocycles. The van der Waals surface area contributed by atoms with Crippen LogP contribution in [0.1, 0.15) is 20.8 Å². The zero-order valence-electron chi connectivity index (χ0n) is 7.94. The third-order valence-electron chi connectivity index (χ3n) is 2.02. The van der Waals surface area contributed by atoms with Crippen molar-refractivity contribution in [1.29, 1.82) is 0 Å². The van der Waals surface area contributed by atoms with Crippen LogP contribution in [0.25, 0.3) is 0 Å². The first-order valence-electron chi connectivity index (χ1n) is 4.19. The van der Waals surface area contributed by atoms with Gasteiger partial charge >= 0.3 is 0 Å². The molecule has 0 bridgehead atoms. The molecular weight excluding hydrogens is 186 g/mol. The minimum atomic E-state index is 0.0158. The largest absolute Gasteiger partial charge is 0.315 e. The Morgan fingerprint density at radius 2 is 2.23 bits per heavy atom. The normalized spacial score (nSPS) is 12.9. The minimum absolute atomic E-state index is 0.0158. The van der Waals surface area contributed by atoms with Crippen LogP contribution < -0.4 is 5.32 Å². The lowest BCUT2D eigenvalue weighted by molar-refractivity contribution is -0.120. The van der Waals surface area contributed by atoms with Crippen molar-refractivity contribution in [2.75, 3.05) is 5.32 Å². The van der Waals surface area contributed by atoms with Crippen LogP contribution in [0.2, 0.25) is 0 Å². The summed E-state index contributed by atoms with van der Waals surface area (Å²) in [5, 5.41) is 7.10. The van der Waals surface area contributed by atoms with Crippen molar-refractivity contribution < 1.29 is 4.79 Å². The summed E-state index contributed by atoms with van der Waals surface area (Å²) in [6.07, 6.45) is 1.55. The van der Waals surface area contributed by atoms with Gasteiger partial charge in [0.1, 0.15) is 5.00 Å². The van der Waals surface area contributed by atoms with E-state index in [-0.39, 0.29) is 11.8 Å². The molecular formula is C8H13N3OS. The van der Waals surface area contributed by atoms with Crippen LogP contribution in [-0.2, 0) is 4.79 Å². The zero-order chi connectivity index (χ0) is 9.84. The average molecular weight is 199 g/mol. The molecule has 0 saturated carbocycles. The standard InChI is InChI=1S/C8H13N3OS/c1-5(2)6(3)8(12)10-7-4-9-11-13-7/h4-6H,1-3H3,(H,10,12). The predicted octanol–water partition coefficient (Wildman–Crippen LogP) is 1.77. The maximum absolute atomic E-state index is 11.5. The van der Waals surface area contributed by atoms with Crippen LogP contribution in [0, 0.1) is 11.8 Å². The van der Waals surface area contributed by atoms with Gasteiger partial charge in [-0.3, -0.25) is 4.79 Å². The van der Waals surface area contributed by atoms with Crippen molar-refractivity contribution in [2.45, 2.75) is 20.8 Å². The quantitative estimate of drug-likeness (QED) is 0.807. The SMILES string of the molecule is CC(C)C(C)C(=O)Nc1cnns1. The van der Waals surface area contributed by atoms with E-state index in [9.17, 15) is 4.79 Å². The fourth-order valence-electron chi connectivity index (χ4n) is 0.760. The Hall–Kier alpha value is -0.970. The van der Waals surface area contributed by atoms with E-state index < -0.39 is 0 Å². The molecule has 1 atom stereocenters. The molecule has 0 aliphatic rings. The first-order chi connectivity index (χ1) is 6.11. The summed E-state index contributed by atoms with van der Waals surface area (Å²) in [5.41, 5.74) is 0. The van der Waals surface area contributed by atoms with Gasteiger partial charge < -0.3 is 5.32 Å². The fraction of sp³-hybridized carbons (Fsp3) is 0.625. The summed E-state index contributed by atoms with van der Waals surface area (Å²) in [6.45, 7) is 5.96. The number of carbonyl (C=O) groups excluding carboxylic acids is 1. The number of amides is 1. The van der Waals surface area contributed by atoms with Crippen LogP contribution in [0.5, 0.6) is 0 Å². The van der Waals surface area contributed by atoms with Crippen molar-refractivity contribution in [3.63, 3.8) is 0 Å². The van der Waals surface area contributed by atoms with Gasteiger partial charge in [0.2, 0.25) is 5.91 Å². The van der Waals surface area contributed by atoms with E-state index in [1.807, 2.05) is 20.8 Å². The molecule has 0 radical (unpaired) electrons. The Morgan fingerprint density at radius 3 is 2.69 bits per heavy atom. The van der Waals surface area contributed by atoms with Gasteiger partial charge in [-0.05, 0) is 5.92 Å². The Labute approximate surface area is 81.5 Å². The third-order valence-corrected chi connectivity index (χ3v) is 2.60. The van der Waals surface area contributed by atoms with Crippen LogP contribution in [0.4, 0.5) is 5.00 Å². The van der Waals surface area contributed by atoms with Crippen LogP contribution in [0.15, 0.2) is 6.20 Å². The number of carbonyl (C=O) groups is 1. The molecule has 13 heavy (non-hydrogen) atoms. The lowest BCUT2D eigenvalue weighted by atomic mass is 9.97. The molecule has 1 amide bonds. The van der Waals surface area contributed by atoms with Gasteiger partial charge in [0, 0.05) is 17.5 Å². The summed E-state index contributed by atoms with van der Waals surface area (Å²) in [7, 11) is 0. The Balaban J connectivity index is 2.51. The summed E-state index contributed by atoms with van der Waals surface area (Å²) in [6, 6.07) is 0. The minimum Gasteiger partial charge on any atom is -0.315 e. The first-order valence-corrected chi connectivity index (χ1v) is 4.97. The van der Waals surface area contributed by atoms with Crippen molar-refractivity contribution in [3.8, 4) is 0 Å². The molecule has 0 aliphatic carbocycles. The van der Waals surface area contributed by atoms with Gasteiger partial charge in [0.25, 0.3) is 0 Å². The Kier molecular flexibility index (Phi) is 3.36. The molecule has 0 saturated heterocycles. The van der Waals surface area contributed by atoms with Crippen molar-refractivity contribution in [1.82, 2.24) is 9.59 Å². The maximum Gasteiger partial charge on any atom is 0.228 e. The number of aromatic nitrogens is 2. The van der Waals surface area contributed by atoms with Gasteiger partial charge in [-0.1, -0.05) is 25.3 Å². The highest BCUT2D eigenvalue weighted by atomic mass is 32.1. The summed E-state index contributed by atoms with van der Waals surface area (Å²) >= 11 is 1.19.